The standard InChI is InChI=1S/C23H33NO2/c1-22(2,3)18-12-10-16(11-13-18)17-14-19-8-7-9-20(15-17)24(19)21(25)26-23(4,5)6/h10-14,19-20H,7-9,15H2,1-6H3. The molecule has 2 atom stereocenters. The topological polar surface area (TPSA) is 29.5 Å². The van der Waals surface area contributed by atoms with E-state index in [1.807, 2.05) is 25.7 Å². The van der Waals surface area contributed by atoms with Crippen LogP contribution in [0, 0.1) is 0 Å². The summed E-state index contributed by atoms with van der Waals surface area (Å²) >= 11 is 0. The van der Waals surface area contributed by atoms with Gasteiger partial charge in [-0.1, -0.05) is 51.1 Å². The minimum atomic E-state index is -0.446. The fraction of sp³-hybridized carbons (Fsp3) is 0.609. The summed E-state index contributed by atoms with van der Waals surface area (Å²) in [6.45, 7) is 12.5. The van der Waals surface area contributed by atoms with Crippen LogP contribution in [-0.4, -0.2) is 28.7 Å². The average molecular weight is 356 g/mol. The first-order chi connectivity index (χ1) is 12.0. The Bertz CT molecular complexity index is 688. The van der Waals surface area contributed by atoms with Gasteiger partial charge in [0.15, 0.2) is 0 Å². The monoisotopic (exact) mass is 355 g/mol. The highest BCUT2D eigenvalue weighted by molar-refractivity contribution is 5.74. The second-order valence-corrected chi connectivity index (χ2v) is 9.76. The Kier molecular flexibility index (Phi) is 4.94. The van der Waals surface area contributed by atoms with Crippen molar-refractivity contribution in [1.82, 2.24) is 4.90 Å². The minimum Gasteiger partial charge on any atom is -0.444 e. The second-order valence-electron chi connectivity index (χ2n) is 9.76. The molecule has 0 N–H and O–H groups in total. The van der Waals surface area contributed by atoms with E-state index in [0.29, 0.717) is 0 Å². The van der Waals surface area contributed by atoms with E-state index in [-0.39, 0.29) is 23.6 Å². The third-order valence-corrected chi connectivity index (χ3v) is 5.36. The number of hydrogen-bond acceptors (Lipinski definition) is 2. The summed E-state index contributed by atoms with van der Waals surface area (Å²) in [5, 5.41) is 0. The van der Waals surface area contributed by atoms with Gasteiger partial charge in [0, 0.05) is 6.04 Å². The molecule has 1 aromatic carbocycles. The van der Waals surface area contributed by atoms with Gasteiger partial charge in [0.2, 0.25) is 0 Å². The van der Waals surface area contributed by atoms with Gasteiger partial charge in [-0.05, 0) is 68.6 Å². The van der Waals surface area contributed by atoms with E-state index in [9.17, 15) is 4.79 Å². The van der Waals surface area contributed by atoms with Crippen LogP contribution in [-0.2, 0) is 10.2 Å². The lowest BCUT2D eigenvalue weighted by Gasteiger charge is -2.45. The number of nitrogens with zero attached hydrogens (tertiary/aromatic N) is 1. The maximum atomic E-state index is 12.7. The van der Waals surface area contributed by atoms with Crippen LogP contribution in [0.3, 0.4) is 0 Å². The van der Waals surface area contributed by atoms with E-state index >= 15 is 0 Å². The second kappa shape index (κ2) is 6.75. The molecule has 1 amide bonds. The molecule has 2 heterocycles. The van der Waals surface area contributed by atoms with E-state index in [4.69, 9.17) is 4.74 Å². The largest absolute Gasteiger partial charge is 0.444 e. The Balaban J connectivity index is 1.83. The van der Waals surface area contributed by atoms with Crippen molar-refractivity contribution in [2.75, 3.05) is 0 Å². The van der Waals surface area contributed by atoms with Crippen molar-refractivity contribution < 1.29 is 9.53 Å². The summed E-state index contributed by atoms with van der Waals surface area (Å²) < 4.78 is 5.67. The Morgan fingerprint density at radius 3 is 2.23 bits per heavy atom. The quantitative estimate of drug-likeness (QED) is 0.625. The molecule has 1 aromatic rings. The van der Waals surface area contributed by atoms with Crippen molar-refractivity contribution in [3.05, 3.63) is 41.5 Å². The maximum absolute atomic E-state index is 12.7. The molecule has 2 unspecified atom stereocenters. The molecule has 3 nitrogen and oxygen atoms in total. The zero-order valence-electron chi connectivity index (χ0n) is 17.1. The van der Waals surface area contributed by atoms with Crippen LogP contribution in [0.2, 0.25) is 0 Å². The van der Waals surface area contributed by atoms with Gasteiger partial charge >= 0.3 is 6.09 Å². The van der Waals surface area contributed by atoms with E-state index in [1.165, 1.54) is 23.1 Å². The SMILES string of the molecule is CC(C)(C)OC(=O)N1C2C=C(c3ccc(C(C)(C)C)cc3)CC1CCC2. The van der Waals surface area contributed by atoms with E-state index in [2.05, 4.69) is 51.1 Å². The predicted molar refractivity (Wildman–Crippen MR) is 107 cm³/mol. The number of carbonyl (C=O) groups is 1. The molecule has 2 aliphatic heterocycles. The molecule has 2 aliphatic rings. The number of rotatable bonds is 1. The Hall–Kier alpha value is -1.77. The van der Waals surface area contributed by atoms with Crippen LogP contribution in [0.15, 0.2) is 30.3 Å². The van der Waals surface area contributed by atoms with Gasteiger partial charge in [-0.15, -0.1) is 0 Å². The molecule has 0 aromatic heterocycles. The number of piperidine rings is 1. The van der Waals surface area contributed by atoms with Crippen LogP contribution < -0.4 is 0 Å². The summed E-state index contributed by atoms with van der Waals surface area (Å²) in [6, 6.07) is 9.38. The average Bonchev–Trinajstić information content (AvgIpc) is 2.51. The molecule has 26 heavy (non-hydrogen) atoms. The van der Waals surface area contributed by atoms with Crippen LogP contribution in [0.1, 0.15) is 78.4 Å². The van der Waals surface area contributed by atoms with Crippen LogP contribution in [0.4, 0.5) is 4.79 Å². The molecule has 1 saturated heterocycles. The van der Waals surface area contributed by atoms with Gasteiger partial charge in [0.1, 0.15) is 5.60 Å². The number of ether oxygens (including phenoxy) is 1. The highest BCUT2D eigenvalue weighted by Crippen LogP contribution is 2.38. The molecule has 0 spiro atoms. The first kappa shape index (κ1) is 19.0. The summed E-state index contributed by atoms with van der Waals surface area (Å²) in [7, 11) is 0. The van der Waals surface area contributed by atoms with E-state index in [1.54, 1.807) is 0 Å². The Labute approximate surface area is 158 Å². The summed E-state index contributed by atoms with van der Waals surface area (Å²) in [5.41, 5.74) is 3.74. The summed E-state index contributed by atoms with van der Waals surface area (Å²) in [6.07, 6.45) is 6.33. The molecular weight excluding hydrogens is 322 g/mol. The number of fused-ring (bicyclic) bond motifs is 2. The minimum absolute atomic E-state index is 0.161. The molecule has 0 radical (unpaired) electrons. The van der Waals surface area contributed by atoms with Crippen molar-refractivity contribution in [2.24, 2.45) is 0 Å². The molecule has 3 heteroatoms. The highest BCUT2D eigenvalue weighted by atomic mass is 16.6. The van der Waals surface area contributed by atoms with E-state index < -0.39 is 5.60 Å². The van der Waals surface area contributed by atoms with Gasteiger partial charge in [-0.25, -0.2) is 4.79 Å². The fourth-order valence-corrected chi connectivity index (χ4v) is 4.03. The lowest BCUT2D eigenvalue weighted by Crippen LogP contribution is -2.53. The summed E-state index contributed by atoms with van der Waals surface area (Å²) in [4.78, 5) is 14.7. The number of hydrogen-bond donors (Lipinski definition) is 0. The Morgan fingerprint density at radius 2 is 1.69 bits per heavy atom. The first-order valence-electron chi connectivity index (χ1n) is 9.87. The molecule has 0 aliphatic carbocycles. The fourth-order valence-electron chi connectivity index (χ4n) is 4.03. The number of amides is 1. The lowest BCUT2D eigenvalue weighted by atomic mass is 9.81. The normalized spacial score (nSPS) is 23.5. The summed E-state index contributed by atoms with van der Waals surface area (Å²) in [5.74, 6) is 0. The van der Waals surface area contributed by atoms with Crippen molar-refractivity contribution in [3.63, 3.8) is 0 Å². The predicted octanol–water partition coefficient (Wildman–Crippen LogP) is 5.93. The zero-order chi connectivity index (χ0) is 19.1. The smallest absolute Gasteiger partial charge is 0.411 e. The molecule has 142 valence electrons. The maximum Gasteiger partial charge on any atom is 0.411 e. The number of carbonyl (C=O) groups excluding carboxylic acids is 1. The third-order valence-electron chi connectivity index (χ3n) is 5.36. The molecule has 1 fully saturated rings. The van der Waals surface area contributed by atoms with Gasteiger partial charge in [0.25, 0.3) is 0 Å². The molecular formula is C23H33NO2. The van der Waals surface area contributed by atoms with Gasteiger partial charge in [0.05, 0.1) is 6.04 Å². The number of benzene rings is 1. The van der Waals surface area contributed by atoms with Crippen LogP contribution >= 0.6 is 0 Å². The molecule has 0 saturated carbocycles. The van der Waals surface area contributed by atoms with Gasteiger partial charge in [-0.3, -0.25) is 4.90 Å². The zero-order valence-corrected chi connectivity index (χ0v) is 17.1. The third kappa shape index (κ3) is 4.13. The van der Waals surface area contributed by atoms with Gasteiger partial charge < -0.3 is 4.74 Å². The van der Waals surface area contributed by atoms with Crippen LogP contribution in [0.25, 0.3) is 5.57 Å². The van der Waals surface area contributed by atoms with Gasteiger partial charge in [-0.2, -0.15) is 0 Å². The van der Waals surface area contributed by atoms with Crippen LogP contribution in [0.5, 0.6) is 0 Å². The Morgan fingerprint density at radius 1 is 1.04 bits per heavy atom. The molecule has 2 bridgehead atoms. The van der Waals surface area contributed by atoms with E-state index in [0.717, 1.165) is 19.3 Å². The molecule has 3 rings (SSSR count). The van der Waals surface area contributed by atoms with Crippen molar-refractivity contribution in [3.8, 4) is 0 Å². The highest BCUT2D eigenvalue weighted by Gasteiger charge is 2.39. The first-order valence-corrected chi connectivity index (χ1v) is 9.87. The lowest BCUT2D eigenvalue weighted by molar-refractivity contribution is 0.0000847. The van der Waals surface area contributed by atoms with Crippen molar-refractivity contribution in [2.45, 2.75) is 90.3 Å². The van der Waals surface area contributed by atoms with Crippen molar-refractivity contribution in [1.29, 1.82) is 0 Å². The van der Waals surface area contributed by atoms with Crippen molar-refractivity contribution >= 4 is 11.7 Å².